The van der Waals surface area contributed by atoms with Crippen molar-refractivity contribution in [2.24, 2.45) is 11.8 Å². The molecule has 1 saturated heterocycles. The van der Waals surface area contributed by atoms with Crippen molar-refractivity contribution >= 4 is 12.0 Å². The van der Waals surface area contributed by atoms with Crippen LogP contribution in [-0.2, 0) is 16.6 Å². The number of hydrogen-bond donors (Lipinski definition) is 2. The van der Waals surface area contributed by atoms with Crippen LogP contribution in [-0.4, -0.2) is 69.3 Å². The fourth-order valence-corrected chi connectivity index (χ4v) is 8.59. The van der Waals surface area contributed by atoms with Crippen molar-refractivity contribution in [3.63, 3.8) is 0 Å². The van der Waals surface area contributed by atoms with Gasteiger partial charge in [-0.15, -0.1) is 0 Å². The van der Waals surface area contributed by atoms with E-state index < -0.39 is 17.1 Å². The maximum Gasteiger partial charge on any atom is 0.246 e. The Labute approximate surface area is 237 Å². The molecule has 5 aliphatic rings. The molecule has 2 aromatic carbocycles. The number of phenols is 1. The second-order valence-electron chi connectivity index (χ2n) is 13.5. The van der Waals surface area contributed by atoms with E-state index in [0.29, 0.717) is 25.1 Å². The van der Waals surface area contributed by atoms with E-state index >= 15 is 0 Å². The summed E-state index contributed by atoms with van der Waals surface area (Å²) in [5, 5.41) is 23.8. The molecule has 2 aliphatic heterocycles. The van der Waals surface area contributed by atoms with Crippen LogP contribution < -0.4 is 4.74 Å². The molecule has 6 nitrogen and oxygen atoms in total. The van der Waals surface area contributed by atoms with Gasteiger partial charge < -0.3 is 19.8 Å². The van der Waals surface area contributed by atoms with Crippen LogP contribution in [0.1, 0.15) is 68.2 Å². The third kappa shape index (κ3) is 3.86. The lowest BCUT2D eigenvalue weighted by molar-refractivity contribution is -0.201. The molecule has 3 fully saturated rings. The molecule has 5 atom stereocenters. The molecule has 2 N–H and O–H groups in total. The minimum absolute atomic E-state index is 0.0235. The van der Waals surface area contributed by atoms with Gasteiger partial charge in [-0.2, -0.15) is 0 Å². The van der Waals surface area contributed by atoms with E-state index in [-0.39, 0.29) is 29.7 Å². The predicted molar refractivity (Wildman–Crippen MR) is 155 cm³/mol. The van der Waals surface area contributed by atoms with E-state index in [4.69, 9.17) is 4.74 Å². The van der Waals surface area contributed by atoms with Crippen LogP contribution in [0.15, 0.2) is 42.5 Å². The number of carbonyl (C=O) groups excluding carboxylic acids is 1. The minimum Gasteiger partial charge on any atom is -0.504 e. The Balaban J connectivity index is 1.28. The van der Waals surface area contributed by atoms with Gasteiger partial charge in [0.15, 0.2) is 11.5 Å². The number of aliphatic hydroxyl groups is 1. The largest absolute Gasteiger partial charge is 0.504 e. The predicted octanol–water partition coefficient (Wildman–Crippen LogP) is 4.83. The molecule has 6 heteroatoms. The fourth-order valence-electron chi connectivity index (χ4n) is 8.59. The summed E-state index contributed by atoms with van der Waals surface area (Å²) in [5.74, 6) is 1.69. The summed E-state index contributed by atoms with van der Waals surface area (Å²) in [4.78, 5) is 18.5. The Hall–Kier alpha value is -2.83. The number of phenolic OH excluding ortho intramolecular Hbond substituents is 1. The molecular formula is C34H42N2O4. The lowest BCUT2D eigenvalue weighted by Crippen LogP contribution is -2.78. The lowest BCUT2D eigenvalue weighted by Gasteiger charge is -2.65. The summed E-state index contributed by atoms with van der Waals surface area (Å²) in [6.07, 6.45) is 8.65. The van der Waals surface area contributed by atoms with Gasteiger partial charge in [-0.05, 0) is 87.1 Å². The minimum atomic E-state index is -0.947. The Morgan fingerprint density at radius 2 is 2.02 bits per heavy atom. The lowest BCUT2D eigenvalue weighted by atomic mass is 9.48. The summed E-state index contributed by atoms with van der Waals surface area (Å²) in [5.41, 5.74) is 2.79. The van der Waals surface area contributed by atoms with Crippen molar-refractivity contribution in [3.05, 3.63) is 64.7 Å². The quantitative estimate of drug-likeness (QED) is 0.491. The normalized spacial score (nSPS) is 32.3. The average molecular weight is 543 g/mol. The highest BCUT2D eigenvalue weighted by atomic mass is 16.5. The second-order valence-corrected chi connectivity index (χ2v) is 13.5. The number of hydrogen-bond acceptors (Lipinski definition) is 5. The summed E-state index contributed by atoms with van der Waals surface area (Å²) < 4.78 is 6.76. The molecule has 1 amide bonds. The zero-order chi connectivity index (χ0) is 27.8. The first-order chi connectivity index (χ1) is 19.2. The molecule has 7 rings (SSSR count). The molecule has 2 heterocycles. The van der Waals surface area contributed by atoms with Crippen LogP contribution >= 0.6 is 0 Å². The van der Waals surface area contributed by atoms with Crippen molar-refractivity contribution in [3.8, 4) is 11.5 Å². The van der Waals surface area contributed by atoms with Gasteiger partial charge in [0, 0.05) is 30.8 Å². The fraction of sp³-hybridized carbons (Fsp3) is 0.559. The van der Waals surface area contributed by atoms with Crippen molar-refractivity contribution in [1.29, 1.82) is 0 Å². The van der Waals surface area contributed by atoms with Crippen LogP contribution in [0, 0.1) is 18.8 Å². The summed E-state index contributed by atoms with van der Waals surface area (Å²) in [7, 11) is 0. The van der Waals surface area contributed by atoms with E-state index in [0.717, 1.165) is 48.5 Å². The first-order valence-corrected chi connectivity index (χ1v) is 15.2. The van der Waals surface area contributed by atoms with E-state index in [2.05, 4.69) is 37.8 Å². The van der Waals surface area contributed by atoms with E-state index in [1.54, 1.807) is 12.1 Å². The van der Waals surface area contributed by atoms with Crippen molar-refractivity contribution in [2.75, 3.05) is 19.6 Å². The maximum absolute atomic E-state index is 13.9. The van der Waals surface area contributed by atoms with Crippen LogP contribution in [0.5, 0.6) is 11.5 Å². The van der Waals surface area contributed by atoms with E-state index in [9.17, 15) is 15.0 Å². The van der Waals surface area contributed by atoms with E-state index in [1.807, 2.05) is 29.2 Å². The van der Waals surface area contributed by atoms with Gasteiger partial charge in [-0.3, -0.25) is 9.69 Å². The summed E-state index contributed by atoms with van der Waals surface area (Å²) >= 11 is 0. The number of piperidine rings is 1. The van der Waals surface area contributed by atoms with Gasteiger partial charge in [-0.1, -0.05) is 49.7 Å². The zero-order valence-corrected chi connectivity index (χ0v) is 24.0. The number of rotatable bonds is 7. The van der Waals surface area contributed by atoms with Crippen molar-refractivity contribution in [1.82, 2.24) is 9.80 Å². The molecular weight excluding hydrogens is 500 g/mol. The Kier molecular flexibility index (Phi) is 6.10. The van der Waals surface area contributed by atoms with Gasteiger partial charge in [-0.25, -0.2) is 0 Å². The van der Waals surface area contributed by atoms with Crippen LogP contribution in [0.3, 0.4) is 0 Å². The molecule has 2 aromatic rings. The third-order valence-corrected chi connectivity index (χ3v) is 10.4. The summed E-state index contributed by atoms with van der Waals surface area (Å²) in [6, 6.07) is 11.8. The topological polar surface area (TPSA) is 73.2 Å². The van der Waals surface area contributed by atoms with Crippen molar-refractivity contribution < 1.29 is 19.7 Å². The number of benzene rings is 2. The van der Waals surface area contributed by atoms with Gasteiger partial charge in [0.05, 0.1) is 17.1 Å². The highest BCUT2D eigenvalue weighted by molar-refractivity contribution is 5.92. The Morgan fingerprint density at radius 3 is 2.77 bits per heavy atom. The number of nitrogens with zero attached hydrogens (tertiary/aromatic N) is 2. The molecule has 2 bridgehead atoms. The molecule has 212 valence electrons. The molecule has 3 aliphatic carbocycles. The number of amides is 1. The molecule has 1 spiro atoms. The Morgan fingerprint density at radius 1 is 1.20 bits per heavy atom. The molecule has 0 unspecified atom stereocenters. The van der Waals surface area contributed by atoms with Gasteiger partial charge in [0.1, 0.15) is 6.10 Å². The van der Waals surface area contributed by atoms with Crippen molar-refractivity contribution in [2.45, 2.75) is 88.5 Å². The SMILES string of the molecule is Cc1cccc(C=CC(=O)N(CC(C)C)[C@H]2CC[C@@]3(O)[C@H]4Cc5ccc(O)c6c5[C@@]3(CCN4CC3CC3)[C@H]2O6)c1. The number of ether oxygens (including phenoxy) is 1. The van der Waals surface area contributed by atoms with Crippen LogP contribution in [0.25, 0.3) is 6.08 Å². The highest BCUT2D eigenvalue weighted by Crippen LogP contribution is 2.66. The number of aromatic hydroxyl groups is 1. The molecule has 0 radical (unpaired) electrons. The van der Waals surface area contributed by atoms with Crippen LogP contribution in [0.2, 0.25) is 0 Å². The molecule has 2 saturated carbocycles. The van der Waals surface area contributed by atoms with E-state index in [1.165, 1.54) is 18.4 Å². The molecule has 40 heavy (non-hydrogen) atoms. The number of carbonyl (C=O) groups is 1. The van der Waals surface area contributed by atoms with Crippen LogP contribution in [0.4, 0.5) is 0 Å². The third-order valence-electron chi connectivity index (χ3n) is 10.4. The second kappa shape index (κ2) is 9.35. The Bertz CT molecular complexity index is 1370. The summed E-state index contributed by atoms with van der Waals surface area (Å²) in [6.45, 7) is 8.92. The number of likely N-dealkylation sites (tertiary alicyclic amines) is 1. The van der Waals surface area contributed by atoms with Gasteiger partial charge in [0.2, 0.25) is 5.91 Å². The average Bonchev–Trinajstić information content (AvgIpc) is 3.66. The monoisotopic (exact) mass is 542 g/mol. The van der Waals surface area contributed by atoms with Gasteiger partial charge >= 0.3 is 0 Å². The zero-order valence-electron chi connectivity index (χ0n) is 24.0. The first kappa shape index (κ1) is 26.1. The smallest absolute Gasteiger partial charge is 0.246 e. The van der Waals surface area contributed by atoms with Gasteiger partial charge in [0.25, 0.3) is 0 Å². The maximum atomic E-state index is 13.9. The standard InChI is InChI=1S/C34H42N2O4/c1-21(2)19-36(29(38)12-9-23-6-4-5-22(3)17-23)26-13-14-34(39)28-18-25-10-11-27(37)31-30(25)33(34,32(26)40-31)15-16-35(28)20-24-7-8-24/h4-6,9-12,17,21,24,26,28,32,37,39H,7-8,13-16,18-20H2,1-3H3/t26-,28+,32-,33-,34+/m0/s1. The first-order valence-electron chi connectivity index (χ1n) is 15.2. The number of aryl methyl sites for hydroxylation is 1. The molecule has 0 aromatic heterocycles. The highest BCUT2D eigenvalue weighted by Gasteiger charge is 2.73.